The van der Waals surface area contributed by atoms with Crippen molar-refractivity contribution in [3.63, 3.8) is 0 Å². The summed E-state index contributed by atoms with van der Waals surface area (Å²) in [5.41, 5.74) is 3.08. The zero-order valence-electron chi connectivity index (χ0n) is 13.6. The molecule has 0 fully saturated rings. The molecule has 0 N–H and O–H groups in total. The van der Waals surface area contributed by atoms with Crippen LogP contribution in [0, 0.1) is 6.92 Å². The van der Waals surface area contributed by atoms with E-state index in [0.29, 0.717) is 18.2 Å². The molecule has 0 unspecified atom stereocenters. The van der Waals surface area contributed by atoms with Crippen molar-refractivity contribution in [2.45, 2.75) is 26.7 Å². The van der Waals surface area contributed by atoms with Crippen LogP contribution in [0.2, 0.25) is 0 Å². The Morgan fingerprint density at radius 2 is 2.00 bits per heavy atom. The number of aryl methyl sites for hydroxylation is 2. The van der Waals surface area contributed by atoms with Crippen LogP contribution in [0.1, 0.15) is 41.4 Å². The number of esters is 1. The lowest BCUT2D eigenvalue weighted by Crippen LogP contribution is -2.14. The van der Waals surface area contributed by atoms with Gasteiger partial charge in [0.25, 0.3) is 0 Å². The minimum absolute atomic E-state index is 0.231. The van der Waals surface area contributed by atoms with Gasteiger partial charge in [-0.25, -0.2) is 4.79 Å². The third kappa shape index (κ3) is 3.91. The number of benzene rings is 1. The Balaban J connectivity index is 1.81. The second-order valence-electron chi connectivity index (χ2n) is 5.66. The molecule has 1 aromatic carbocycles. The van der Waals surface area contributed by atoms with Crippen molar-refractivity contribution in [3.8, 4) is 5.75 Å². The molecule has 2 aromatic rings. The molecular formula is C18H23NO3. The Bertz CT molecular complexity index is 644. The van der Waals surface area contributed by atoms with Gasteiger partial charge in [-0.2, -0.15) is 0 Å². The van der Waals surface area contributed by atoms with Gasteiger partial charge in [-0.15, -0.1) is 0 Å². The lowest BCUT2D eigenvalue weighted by atomic mass is 9.98. The number of hydrogen-bond acceptors (Lipinski definition) is 3. The van der Waals surface area contributed by atoms with Crippen LogP contribution in [0.25, 0.3) is 0 Å². The van der Waals surface area contributed by atoms with E-state index in [1.165, 1.54) is 11.1 Å². The fraction of sp³-hybridized carbons (Fsp3) is 0.389. The normalized spacial score (nSPS) is 10.8. The minimum Gasteiger partial charge on any atom is -0.490 e. The maximum absolute atomic E-state index is 11.8. The molecule has 118 valence electrons. The van der Waals surface area contributed by atoms with Crippen molar-refractivity contribution >= 4 is 5.97 Å². The monoisotopic (exact) mass is 301 g/mol. The summed E-state index contributed by atoms with van der Waals surface area (Å²) >= 11 is 0. The molecule has 0 spiro atoms. The first kappa shape index (κ1) is 16.1. The second-order valence-corrected chi connectivity index (χ2v) is 5.66. The maximum atomic E-state index is 11.8. The summed E-state index contributed by atoms with van der Waals surface area (Å²) < 4.78 is 12.6. The topological polar surface area (TPSA) is 40.5 Å². The third-order valence-corrected chi connectivity index (χ3v) is 3.60. The van der Waals surface area contributed by atoms with E-state index in [0.717, 1.165) is 5.75 Å². The average Bonchev–Trinajstić information content (AvgIpc) is 2.89. The molecule has 4 heteroatoms. The molecule has 2 rings (SSSR count). The highest BCUT2D eigenvalue weighted by Crippen LogP contribution is 2.23. The van der Waals surface area contributed by atoms with E-state index in [2.05, 4.69) is 26.8 Å². The van der Waals surface area contributed by atoms with E-state index in [1.807, 2.05) is 31.4 Å². The molecular weight excluding hydrogens is 278 g/mol. The highest BCUT2D eigenvalue weighted by Gasteiger charge is 2.10. The molecule has 0 saturated heterocycles. The molecule has 0 amide bonds. The average molecular weight is 301 g/mol. The van der Waals surface area contributed by atoms with Crippen molar-refractivity contribution in [2.75, 3.05) is 13.2 Å². The molecule has 0 radical (unpaired) electrons. The Morgan fingerprint density at radius 1 is 1.23 bits per heavy atom. The van der Waals surface area contributed by atoms with Gasteiger partial charge in [0.15, 0.2) is 0 Å². The summed E-state index contributed by atoms with van der Waals surface area (Å²) in [5, 5.41) is 0. The van der Waals surface area contributed by atoms with Gasteiger partial charge in [0.05, 0.1) is 0 Å². The molecule has 0 aliphatic carbocycles. The van der Waals surface area contributed by atoms with Gasteiger partial charge in [0.1, 0.15) is 24.7 Å². The van der Waals surface area contributed by atoms with E-state index in [4.69, 9.17) is 9.47 Å². The number of carbonyl (C=O) groups excluding carboxylic acids is 1. The standard InChI is InChI=1S/C18H23NO3/c1-13(2)16-8-7-15(12-14(16)3)21-10-11-22-18(20)17-6-5-9-19(17)4/h5-9,12-13H,10-11H2,1-4H3. The Labute approximate surface area is 131 Å². The van der Waals surface area contributed by atoms with Crippen molar-refractivity contribution in [1.29, 1.82) is 0 Å². The zero-order valence-corrected chi connectivity index (χ0v) is 13.6. The molecule has 0 aliphatic rings. The number of nitrogens with zero attached hydrogens (tertiary/aromatic N) is 1. The maximum Gasteiger partial charge on any atom is 0.355 e. The van der Waals surface area contributed by atoms with E-state index < -0.39 is 0 Å². The zero-order chi connectivity index (χ0) is 16.1. The molecule has 0 atom stereocenters. The van der Waals surface area contributed by atoms with Crippen LogP contribution in [-0.4, -0.2) is 23.8 Å². The molecule has 4 nitrogen and oxygen atoms in total. The number of ether oxygens (including phenoxy) is 2. The first-order chi connectivity index (χ1) is 10.5. The van der Waals surface area contributed by atoms with E-state index in [9.17, 15) is 4.79 Å². The van der Waals surface area contributed by atoms with Gasteiger partial charge < -0.3 is 14.0 Å². The van der Waals surface area contributed by atoms with Gasteiger partial charge in [0.2, 0.25) is 0 Å². The predicted molar refractivity (Wildman–Crippen MR) is 86.5 cm³/mol. The largest absolute Gasteiger partial charge is 0.490 e. The molecule has 1 heterocycles. The summed E-state index contributed by atoms with van der Waals surface area (Å²) in [6.07, 6.45) is 1.81. The quantitative estimate of drug-likeness (QED) is 0.603. The van der Waals surface area contributed by atoms with Crippen molar-refractivity contribution in [2.24, 2.45) is 7.05 Å². The van der Waals surface area contributed by atoms with Crippen LogP contribution in [0.5, 0.6) is 5.75 Å². The fourth-order valence-corrected chi connectivity index (χ4v) is 2.43. The van der Waals surface area contributed by atoms with Gasteiger partial charge in [-0.1, -0.05) is 19.9 Å². The summed E-state index contributed by atoms with van der Waals surface area (Å²) in [6, 6.07) is 9.62. The van der Waals surface area contributed by atoms with Crippen molar-refractivity contribution in [1.82, 2.24) is 4.57 Å². The number of rotatable bonds is 6. The third-order valence-electron chi connectivity index (χ3n) is 3.60. The Kier molecular flexibility index (Phi) is 5.26. The number of carbonyl (C=O) groups is 1. The van der Waals surface area contributed by atoms with Crippen molar-refractivity contribution < 1.29 is 14.3 Å². The molecule has 0 saturated carbocycles. The van der Waals surface area contributed by atoms with E-state index in [-0.39, 0.29) is 12.6 Å². The SMILES string of the molecule is Cc1cc(OCCOC(=O)c2cccn2C)ccc1C(C)C. The minimum atomic E-state index is -0.331. The Hall–Kier alpha value is -2.23. The lowest BCUT2D eigenvalue weighted by Gasteiger charge is -2.12. The van der Waals surface area contributed by atoms with E-state index in [1.54, 1.807) is 10.6 Å². The first-order valence-corrected chi connectivity index (χ1v) is 7.51. The molecule has 0 bridgehead atoms. The second kappa shape index (κ2) is 7.16. The van der Waals surface area contributed by atoms with Crippen LogP contribution in [0.3, 0.4) is 0 Å². The molecule has 1 aromatic heterocycles. The molecule has 0 aliphatic heterocycles. The fourth-order valence-electron chi connectivity index (χ4n) is 2.43. The summed E-state index contributed by atoms with van der Waals surface area (Å²) in [7, 11) is 1.81. The van der Waals surface area contributed by atoms with Crippen molar-refractivity contribution in [3.05, 3.63) is 53.3 Å². The van der Waals surface area contributed by atoms with Gasteiger partial charge in [-0.05, 0) is 48.2 Å². The summed E-state index contributed by atoms with van der Waals surface area (Å²) in [4.78, 5) is 11.8. The van der Waals surface area contributed by atoms with Gasteiger partial charge in [0, 0.05) is 13.2 Å². The smallest absolute Gasteiger partial charge is 0.355 e. The lowest BCUT2D eigenvalue weighted by molar-refractivity contribution is 0.0439. The highest BCUT2D eigenvalue weighted by molar-refractivity contribution is 5.87. The van der Waals surface area contributed by atoms with Gasteiger partial charge >= 0.3 is 5.97 Å². The molecule has 22 heavy (non-hydrogen) atoms. The van der Waals surface area contributed by atoms with Gasteiger partial charge in [-0.3, -0.25) is 0 Å². The van der Waals surface area contributed by atoms with Crippen LogP contribution in [0.4, 0.5) is 0 Å². The highest BCUT2D eigenvalue weighted by atomic mass is 16.6. The number of aromatic nitrogens is 1. The van der Waals surface area contributed by atoms with Crippen LogP contribution in [-0.2, 0) is 11.8 Å². The van der Waals surface area contributed by atoms with Crippen LogP contribution >= 0.6 is 0 Å². The Morgan fingerprint density at radius 3 is 2.59 bits per heavy atom. The predicted octanol–water partition coefficient (Wildman–Crippen LogP) is 3.69. The van der Waals surface area contributed by atoms with E-state index >= 15 is 0 Å². The summed E-state index contributed by atoms with van der Waals surface area (Å²) in [5.74, 6) is 0.972. The number of hydrogen-bond donors (Lipinski definition) is 0. The van der Waals surface area contributed by atoms with Crippen LogP contribution < -0.4 is 4.74 Å². The first-order valence-electron chi connectivity index (χ1n) is 7.51. The summed E-state index contributed by atoms with van der Waals surface area (Å²) in [6.45, 7) is 7.00. The van der Waals surface area contributed by atoms with Crippen LogP contribution in [0.15, 0.2) is 36.5 Å².